The minimum Gasteiger partial charge on any atom is -0.286 e. The lowest BCUT2D eigenvalue weighted by atomic mass is 9.90. The normalized spacial score (nSPS) is 42.7. The molecule has 0 spiro atoms. The van der Waals surface area contributed by atoms with Crippen LogP contribution >= 0.6 is 15.9 Å². The molecule has 1 saturated carbocycles. The van der Waals surface area contributed by atoms with Crippen LogP contribution in [0, 0.1) is 11.3 Å². The maximum Gasteiger partial charge on any atom is 0.207 e. The number of rotatable bonds is 1. The lowest BCUT2D eigenvalue weighted by Crippen LogP contribution is -2.18. The Balaban J connectivity index is 2.32. The third-order valence-electron chi connectivity index (χ3n) is 2.67. The Hall–Kier alpha value is -0.110. The molecule has 0 amide bonds. The fourth-order valence-electron chi connectivity index (χ4n) is 1.99. The summed E-state index contributed by atoms with van der Waals surface area (Å²) < 4.78 is 0.177. The van der Waals surface area contributed by atoms with Gasteiger partial charge in [0.15, 0.2) is 0 Å². The van der Waals surface area contributed by atoms with Gasteiger partial charge in [0.05, 0.1) is 5.41 Å². The summed E-state index contributed by atoms with van der Waals surface area (Å²) in [6.45, 7) is 0. The molecule has 2 bridgehead atoms. The molecule has 2 heteroatoms. The lowest BCUT2D eigenvalue weighted by Gasteiger charge is -2.16. The van der Waals surface area contributed by atoms with Crippen molar-refractivity contribution in [2.45, 2.75) is 19.3 Å². The fourth-order valence-corrected chi connectivity index (χ4v) is 2.49. The van der Waals surface area contributed by atoms with Crippen molar-refractivity contribution in [3.63, 3.8) is 0 Å². The van der Waals surface area contributed by atoms with Gasteiger partial charge in [-0.25, -0.2) is 0 Å². The first kappa shape index (κ1) is 6.59. The van der Waals surface area contributed by atoms with Gasteiger partial charge in [-0.2, -0.15) is 0 Å². The van der Waals surface area contributed by atoms with Crippen LogP contribution in [0.5, 0.6) is 0 Å². The van der Waals surface area contributed by atoms with Gasteiger partial charge in [0.25, 0.3) is 0 Å². The largest absolute Gasteiger partial charge is 0.286 e. The molecule has 2 aliphatic rings. The second-order valence-electron chi connectivity index (χ2n) is 3.29. The van der Waals surface area contributed by atoms with Crippen LogP contribution in [0.25, 0.3) is 0 Å². The highest BCUT2D eigenvalue weighted by Crippen LogP contribution is 2.50. The zero-order valence-electron chi connectivity index (χ0n) is 5.64. The minimum atomic E-state index is -0.0926. The Bertz CT molecular complexity index is 209. The molecule has 2 unspecified atom stereocenters. The van der Waals surface area contributed by atoms with Crippen molar-refractivity contribution in [3.8, 4) is 0 Å². The third-order valence-corrected chi connectivity index (χ3v) is 3.46. The SMILES string of the molecule is O=C(Br)C12C=CC(CC1)C2. The second kappa shape index (κ2) is 1.94. The zero-order valence-corrected chi connectivity index (χ0v) is 7.23. The van der Waals surface area contributed by atoms with Crippen molar-refractivity contribution in [1.29, 1.82) is 0 Å². The Kier molecular flexibility index (Phi) is 1.28. The molecule has 1 fully saturated rings. The van der Waals surface area contributed by atoms with E-state index in [4.69, 9.17) is 0 Å². The summed E-state index contributed by atoms with van der Waals surface area (Å²) in [5.41, 5.74) is -0.0926. The number of carbonyl (C=O) groups is 1. The molecular formula is C8H9BrO. The second-order valence-corrected chi connectivity index (χ2v) is 4.01. The molecular weight excluding hydrogens is 192 g/mol. The van der Waals surface area contributed by atoms with Gasteiger partial charge in [0, 0.05) is 0 Å². The van der Waals surface area contributed by atoms with Gasteiger partial charge in [-0.05, 0) is 41.1 Å². The Morgan fingerprint density at radius 1 is 1.70 bits per heavy atom. The van der Waals surface area contributed by atoms with Crippen molar-refractivity contribution >= 4 is 20.6 Å². The minimum absolute atomic E-state index is 0.0926. The molecule has 0 aliphatic heterocycles. The van der Waals surface area contributed by atoms with Crippen molar-refractivity contribution < 1.29 is 4.79 Å². The first-order valence-corrected chi connectivity index (χ1v) is 4.42. The summed E-state index contributed by atoms with van der Waals surface area (Å²) in [6.07, 6.45) is 7.57. The fraction of sp³-hybridized carbons (Fsp3) is 0.625. The van der Waals surface area contributed by atoms with Crippen LogP contribution in [0.2, 0.25) is 0 Å². The van der Waals surface area contributed by atoms with E-state index in [0.717, 1.165) is 12.8 Å². The number of carbonyl (C=O) groups excluding carboxylic acids is 1. The molecule has 2 atom stereocenters. The van der Waals surface area contributed by atoms with Gasteiger partial charge >= 0.3 is 0 Å². The van der Waals surface area contributed by atoms with Crippen molar-refractivity contribution in [1.82, 2.24) is 0 Å². The number of hydrogen-bond donors (Lipinski definition) is 0. The Morgan fingerprint density at radius 3 is 2.70 bits per heavy atom. The molecule has 54 valence electrons. The van der Waals surface area contributed by atoms with E-state index in [1.165, 1.54) is 6.42 Å². The van der Waals surface area contributed by atoms with E-state index in [2.05, 4.69) is 28.1 Å². The van der Waals surface area contributed by atoms with Crippen molar-refractivity contribution in [3.05, 3.63) is 12.2 Å². The summed E-state index contributed by atoms with van der Waals surface area (Å²) in [5, 5.41) is 0. The summed E-state index contributed by atoms with van der Waals surface area (Å²) in [5.74, 6) is 0.696. The van der Waals surface area contributed by atoms with Crippen LogP contribution in [0.4, 0.5) is 0 Å². The number of halogens is 1. The number of hydrogen-bond acceptors (Lipinski definition) is 1. The van der Waals surface area contributed by atoms with E-state index >= 15 is 0 Å². The Morgan fingerprint density at radius 2 is 2.50 bits per heavy atom. The monoisotopic (exact) mass is 200 g/mol. The molecule has 0 N–H and O–H groups in total. The Labute approximate surface area is 68.6 Å². The van der Waals surface area contributed by atoms with Gasteiger partial charge in [-0.1, -0.05) is 12.2 Å². The van der Waals surface area contributed by atoms with E-state index in [-0.39, 0.29) is 10.1 Å². The van der Waals surface area contributed by atoms with Gasteiger partial charge in [-0.3, -0.25) is 4.79 Å². The topological polar surface area (TPSA) is 17.1 Å². The maximum atomic E-state index is 11.1. The number of fused-ring (bicyclic) bond motifs is 2. The molecule has 0 saturated heterocycles. The van der Waals surface area contributed by atoms with Gasteiger partial charge < -0.3 is 0 Å². The van der Waals surface area contributed by atoms with E-state index in [0.29, 0.717) is 5.92 Å². The quantitative estimate of drug-likeness (QED) is 0.469. The van der Waals surface area contributed by atoms with Crippen molar-refractivity contribution in [2.75, 3.05) is 0 Å². The highest BCUT2D eigenvalue weighted by atomic mass is 79.9. The molecule has 0 radical (unpaired) electrons. The smallest absolute Gasteiger partial charge is 0.207 e. The van der Waals surface area contributed by atoms with Crippen LogP contribution in [-0.2, 0) is 4.79 Å². The predicted molar refractivity (Wildman–Crippen MR) is 42.8 cm³/mol. The summed E-state index contributed by atoms with van der Waals surface area (Å²) in [6, 6.07) is 0. The average Bonchev–Trinajstić information content (AvgIpc) is 2.45. The van der Waals surface area contributed by atoms with Crippen molar-refractivity contribution in [2.24, 2.45) is 11.3 Å². The van der Waals surface area contributed by atoms with E-state index in [9.17, 15) is 4.79 Å². The standard InChI is InChI=1S/C8H9BrO/c9-7(10)8-3-1-6(5-8)2-4-8/h1,3,6H,2,4-5H2. The number of allylic oxidation sites excluding steroid dienone is 2. The van der Waals surface area contributed by atoms with Gasteiger partial charge in [-0.15, -0.1) is 0 Å². The van der Waals surface area contributed by atoms with Crippen LogP contribution in [0.3, 0.4) is 0 Å². The first-order chi connectivity index (χ1) is 4.73. The first-order valence-electron chi connectivity index (χ1n) is 3.62. The highest BCUT2D eigenvalue weighted by molar-refractivity contribution is 9.18. The molecule has 0 aromatic carbocycles. The van der Waals surface area contributed by atoms with Crippen LogP contribution in [0.1, 0.15) is 19.3 Å². The van der Waals surface area contributed by atoms with E-state index in [1.807, 2.05) is 0 Å². The maximum absolute atomic E-state index is 11.1. The summed E-state index contributed by atoms with van der Waals surface area (Å²) in [4.78, 5) is 11.1. The van der Waals surface area contributed by atoms with Crippen LogP contribution in [0.15, 0.2) is 12.2 Å². The molecule has 2 rings (SSSR count). The summed E-state index contributed by atoms with van der Waals surface area (Å²) in [7, 11) is 0. The molecule has 0 aromatic heterocycles. The molecule has 0 aromatic rings. The summed E-state index contributed by atoms with van der Waals surface area (Å²) >= 11 is 3.06. The van der Waals surface area contributed by atoms with E-state index in [1.54, 1.807) is 0 Å². The highest BCUT2D eigenvalue weighted by Gasteiger charge is 2.44. The lowest BCUT2D eigenvalue weighted by molar-refractivity contribution is -0.116. The van der Waals surface area contributed by atoms with Gasteiger partial charge in [0.2, 0.25) is 4.69 Å². The molecule has 2 aliphatic carbocycles. The predicted octanol–water partition coefficient (Wildman–Crippen LogP) is 2.26. The van der Waals surface area contributed by atoms with Crippen LogP contribution in [-0.4, -0.2) is 4.69 Å². The average molecular weight is 201 g/mol. The zero-order chi connectivity index (χ0) is 7.19. The molecule has 10 heavy (non-hydrogen) atoms. The van der Waals surface area contributed by atoms with Gasteiger partial charge in [0.1, 0.15) is 0 Å². The van der Waals surface area contributed by atoms with E-state index < -0.39 is 0 Å². The molecule has 0 heterocycles. The molecule has 1 nitrogen and oxygen atoms in total. The van der Waals surface area contributed by atoms with Crippen LogP contribution < -0.4 is 0 Å². The third kappa shape index (κ3) is 0.715.